The van der Waals surface area contributed by atoms with Crippen LogP contribution in [-0.2, 0) is 5.41 Å². The van der Waals surface area contributed by atoms with E-state index >= 15 is 0 Å². The van der Waals surface area contributed by atoms with Crippen molar-refractivity contribution in [1.82, 2.24) is 3.93 Å². The molecule has 2 aliphatic rings. The number of carbonyl (C=O) groups excluding carboxylic acids is 1. The van der Waals surface area contributed by atoms with E-state index in [4.69, 9.17) is 0 Å². The fraction of sp³-hybridized carbons (Fsp3) is 0.417. The molecule has 3 rings (SSSR count). The standard InChI is InChI=1S/C12H10BrF2NO/c13-16-7-11(5-12(14,15)6-11)9-4-2-1-3-8(9)10(16)17/h1-4H,5-7H2. The molecule has 1 aromatic carbocycles. The van der Waals surface area contributed by atoms with Crippen LogP contribution in [0.1, 0.15) is 28.8 Å². The lowest BCUT2D eigenvalue weighted by Crippen LogP contribution is -2.57. The van der Waals surface area contributed by atoms with Crippen LogP contribution in [0.15, 0.2) is 24.3 Å². The molecule has 1 aliphatic heterocycles. The third kappa shape index (κ3) is 1.52. The highest BCUT2D eigenvalue weighted by Gasteiger charge is 2.60. The molecule has 17 heavy (non-hydrogen) atoms. The summed E-state index contributed by atoms with van der Waals surface area (Å²) < 4.78 is 27.7. The van der Waals surface area contributed by atoms with Crippen LogP contribution in [0.5, 0.6) is 0 Å². The molecule has 1 aliphatic carbocycles. The molecule has 0 radical (unpaired) electrons. The maximum atomic E-state index is 13.2. The van der Waals surface area contributed by atoms with Crippen LogP contribution in [0.25, 0.3) is 0 Å². The minimum Gasteiger partial charge on any atom is -0.274 e. The van der Waals surface area contributed by atoms with Gasteiger partial charge in [0.25, 0.3) is 5.91 Å². The van der Waals surface area contributed by atoms with Crippen LogP contribution in [0, 0.1) is 0 Å². The second-order valence-corrected chi connectivity index (χ2v) is 5.72. The second kappa shape index (κ2) is 3.28. The molecule has 0 atom stereocenters. The Kier molecular flexibility index (Phi) is 2.15. The van der Waals surface area contributed by atoms with Crippen molar-refractivity contribution in [2.45, 2.75) is 24.2 Å². The molecule has 2 nitrogen and oxygen atoms in total. The molecule has 1 spiro atoms. The minimum absolute atomic E-state index is 0.151. The Morgan fingerprint density at radius 2 is 1.88 bits per heavy atom. The molecule has 1 amide bonds. The molecule has 90 valence electrons. The molecule has 1 fully saturated rings. The summed E-state index contributed by atoms with van der Waals surface area (Å²) in [5, 5.41) is 0. The highest BCUT2D eigenvalue weighted by molar-refractivity contribution is 9.07. The van der Waals surface area contributed by atoms with Gasteiger partial charge in [-0.1, -0.05) is 18.2 Å². The number of rotatable bonds is 0. The van der Waals surface area contributed by atoms with Crippen molar-refractivity contribution in [2.75, 3.05) is 6.54 Å². The molecule has 0 N–H and O–H groups in total. The summed E-state index contributed by atoms with van der Waals surface area (Å²) in [5.41, 5.74) is 0.732. The molecule has 0 bridgehead atoms. The van der Waals surface area contributed by atoms with E-state index in [1.165, 1.54) is 3.93 Å². The van der Waals surface area contributed by atoms with Crippen LogP contribution in [0.3, 0.4) is 0 Å². The lowest BCUT2D eigenvalue weighted by molar-refractivity contribution is -0.129. The minimum atomic E-state index is -2.60. The zero-order valence-electron chi connectivity index (χ0n) is 8.92. The molecule has 5 heteroatoms. The number of carbonyl (C=O) groups is 1. The number of alkyl halides is 2. The maximum Gasteiger partial charge on any atom is 0.264 e. The third-order valence-electron chi connectivity index (χ3n) is 3.58. The molecular formula is C12H10BrF2NO. The fourth-order valence-electron chi connectivity index (χ4n) is 2.93. The lowest BCUT2D eigenvalue weighted by Gasteiger charge is -2.51. The Balaban J connectivity index is 2.09. The van der Waals surface area contributed by atoms with Crippen molar-refractivity contribution < 1.29 is 13.6 Å². The first-order valence-corrected chi connectivity index (χ1v) is 6.10. The Morgan fingerprint density at radius 1 is 1.24 bits per heavy atom. The van der Waals surface area contributed by atoms with Gasteiger partial charge in [-0.15, -0.1) is 0 Å². The first kappa shape index (κ1) is 11.1. The van der Waals surface area contributed by atoms with Gasteiger partial charge >= 0.3 is 0 Å². The molecule has 0 saturated heterocycles. The Bertz CT molecular complexity index is 495. The highest BCUT2D eigenvalue weighted by Crippen LogP contribution is 2.56. The number of hydrogen-bond acceptors (Lipinski definition) is 1. The van der Waals surface area contributed by atoms with Gasteiger partial charge in [0, 0.05) is 30.4 Å². The summed E-state index contributed by atoms with van der Waals surface area (Å²) in [7, 11) is 0. The molecule has 0 aromatic heterocycles. The van der Waals surface area contributed by atoms with Gasteiger partial charge < -0.3 is 0 Å². The summed E-state index contributed by atoms with van der Waals surface area (Å²) in [5.74, 6) is -2.75. The van der Waals surface area contributed by atoms with Gasteiger partial charge in [-0.2, -0.15) is 0 Å². The average molecular weight is 302 g/mol. The number of benzene rings is 1. The van der Waals surface area contributed by atoms with E-state index in [0.717, 1.165) is 5.56 Å². The van der Waals surface area contributed by atoms with E-state index in [0.29, 0.717) is 12.1 Å². The van der Waals surface area contributed by atoms with Crippen LogP contribution < -0.4 is 0 Å². The number of hydrogen-bond donors (Lipinski definition) is 0. The van der Waals surface area contributed by atoms with Gasteiger partial charge in [0.2, 0.25) is 5.92 Å². The van der Waals surface area contributed by atoms with Crippen molar-refractivity contribution in [1.29, 1.82) is 0 Å². The van der Waals surface area contributed by atoms with E-state index in [9.17, 15) is 13.6 Å². The van der Waals surface area contributed by atoms with Gasteiger partial charge in [0.1, 0.15) is 0 Å². The maximum absolute atomic E-state index is 13.2. The number of nitrogens with zero attached hydrogens (tertiary/aromatic N) is 1. The van der Waals surface area contributed by atoms with Gasteiger partial charge in [-0.05, 0) is 11.6 Å². The first-order valence-electron chi connectivity index (χ1n) is 5.39. The fourth-order valence-corrected chi connectivity index (χ4v) is 3.60. The zero-order valence-corrected chi connectivity index (χ0v) is 10.5. The molecule has 1 heterocycles. The van der Waals surface area contributed by atoms with Gasteiger partial charge in [0.05, 0.1) is 16.1 Å². The predicted molar refractivity (Wildman–Crippen MR) is 62.3 cm³/mol. The smallest absolute Gasteiger partial charge is 0.264 e. The topological polar surface area (TPSA) is 20.3 Å². The predicted octanol–water partition coefficient (Wildman–Crippen LogP) is 3.12. The van der Waals surface area contributed by atoms with Crippen molar-refractivity contribution in [3.05, 3.63) is 35.4 Å². The highest BCUT2D eigenvalue weighted by atomic mass is 79.9. The molecule has 1 saturated carbocycles. The van der Waals surface area contributed by atoms with Gasteiger partial charge in [-0.3, -0.25) is 8.72 Å². The van der Waals surface area contributed by atoms with E-state index in [-0.39, 0.29) is 18.7 Å². The van der Waals surface area contributed by atoms with Gasteiger partial charge in [0.15, 0.2) is 0 Å². The molecular weight excluding hydrogens is 292 g/mol. The van der Waals surface area contributed by atoms with Crippen molar-refractivity contribution in [3.63, 3.8) is 0 Å². The zero-order chi connectivity index (χ0) is 12.3. The normalized spacial score (nSPS) is 24.4. The Morgan fingerprint density at radius 3 is 2.53 bits per heavy atom. The van der Waals surface area contributed by atoms with E-state index in [1.807, 2.05) is 0 Å². The Hall–Kier alpha value is -0.970. The summed E-state index contributed by atoms with van der Waals surface area (Å²) >= 11 is 3.15. The summed E-state index contributed by atoms with van der Waals surface area (Å²) in [6.07, 6.45) is -0.348. The SMILES string of the molecule is O=C1c2ccccc2C2(CN1Br)CC(F)(F)C2. The van der Waals surface area contributed by atoms with Gasteiger partial charge in [-0.25, -0.2) is 8.78 Å². The first-order chi connectivity index (χ1) is 7.94. The largest absolute Gasteiger partial charge is 0.274 e. The second-order valence-electron chi connectivity index (χ2n) is 4.86. The number of fused-ring (bicyclic) bond motifs is 2. The molecule has 1 aromatic rings. The number of halogens is 3. The average Bonchev–Trinajstić information content (AvgIpc) is 2.23. The van der Waals surface area contributed by atoms with E-state index in [2.05, 4.69) is 16.1 Å². The van der Waals surface area contributed by atoms with Crippen LogP contribution in [0.2, 0.25) is 0 Å². The third-order valence-corrected chi connectivity index (χ3v) is 4.16. The summed E-state index contributed by atoms with van der Waals surface area (Å²) in [4.78, 5) is 11.9. The van der Waals surface area contributed by atoms with E-state index < -0.39 is 11.3 Å². The quantitative estimate of drug-likeness (QED) is 0.674. The summed E-state index contributed by atoms with van der Waals surface area (Å²) in [6, 6.07) is 7.05. The summed E-state index contributed by atoms with van der Waals surface area (Å²) in [6.45, 7) is 0.318. The van der Waals surface area contributed by atoms with Crippen LogP contribution in [-0.4, -0.2) is 22.3 Å². The van der Waals surface area contributed by atoms with Crippen LogP contribution >= 0.6 is 16.1 Å². The van der Waals surface area contributed by atoms with Crippen LogP contribution in [0.4, 0.5) is 8.78 Å². The Labute approximate surface area is 106 Å². The lowest BCUT2D eigenvalue weighted by atomic mass is 9.60. The van der Waals surface area contributed by atoms with Crippen molar-refractivity contribution in [3.8, 4) is 0 Å². The van der Waals surface area contributed by atoms with Crippen molar-refractivity contribution >= 4 is 22.1 Å². The van der Waals surface area contributed by atoms with E-state index in [1.54, 1.807) is 24.3 Å². The molecule has 0 unspecified atom stereocenters. The monoisotopic (exact) mass is 301 g/mol. The number of amides is 1. The van der Waals surface area contributed by atoms with Crippen molar-refractivity contribution in [2.24, 2.45) is 0 Å².